The molecule has 3 rings (SSSR count). The Kier molecular flexibility index (Phi) is 8.88. The fourth-order valence-corrected chi connectivity index (χ4v) is 3.66. The highest BCUT2D eigenvalue weighted by Gasteiger charge is 2.25. The Morgan fingerprint density at radius 3 is 1.97 bits per heavy atom. The summed E-state index contributed by atoms with van der Waals surface area (Å²) in [7, 11) is 0. The molecule has 0 aromatic heterocycles. The van der Waals surface area contributed by atoms with Gasteiger partial charge in [0.25, 0.3) is 0 Å². The predicted molar refractivity (Wildman–Crippen MR) is 129 cm³/mol. The predicted octanol–water partition coefficient (Wildman–Crippen LogP) is 5.05. The van der Waals surface area contributed by atoms with Crippen LogP contribution >= 0.6 is 11.6 Å². The lowest BCUT2D eigenvalue weighted by molar-refractivity contribution is -0.140. The number of aryl methyl sites for hydroxylation is 1. The number of halogens is 1. The number of hydrogen-bond acceptors (Lipinski definition) is 2. The van der Waals surface area contributed by atoms with E-state index in [1.807, 2.05) is 72.8 Å². The molecular weight excluding hydrogens is 420 g/mol. The van der Waals surface area contributed by atoms with Crippen molar-refractivity contribution in [1.29, 1.82) is 0 Å². The molecule has 0 fully saturated rings. The standard InChI is InChI=1S/C27H29ClN2O2/c1-21(27(32)29-19-18-23-10-6-3-7-11-23)30(20-24-12-15-25(28)16-13-24)26(31)17-14-22-8-4-2-5-9-22/h2-13,15-16,21H,14,17-20H2,1H3,(H,29,32)/t21-/m1/s1. The van der Waals surface area contributed by atoms with E-state index in [2.05, 4.69) is 5.32 Å². The Morgan fingerprint density at radius 2 is 1.38 bits per heavy atom. The molecule has 0 radical (unpaired) electrons. The number of rotatable bonds is 10. The minimum absolute atomic E-state index is 0.0467. The van der Waals surface area contributed by atoms with Crippen molar-refractivity contribution in [2.24, 2.45) is 0 Å². The van der Waals surface area contributed by atoms with Crippen LogP contribution in [0.5, 0.6) is 0 Å². The number of nitrogens with one attached hydrogen (secondary N) is 1. The first-order valence-electron chi connectivity index (χ1n) is 10.9. The van der Waals surface area contributed by atoms with Crippen LogP contribution in [0.25, 0.3) is 0 Å². The highest BCUT2D eigenvalue weighted by Crippen LogP contribution is 2.15. The van der Waals surface area contributed by atoms with Crippen LogP contribution in [0.2, 0.25) is 5.02 Å². The normalized spacial score (nSPS) is 11.6. The third-order valence-corrected chi connectivity index (χ3v) is 5.71. The summed E-state index contributed by atoms with van der Waals surface area (Å²) in [6, 6.07) is 26.7. The zero-order valence-corrected chi connectivity index (χ0v) is 19.1. The molecule has 1 atom stereocenters. The van der Waals surface area contributed by atoms with Gasteiger partial charge >= 0.3 is 0 Å². The van der Waals surface area contributed by atoms with E-state index in [1.54, 1.807) is 24.0 Å². The summed E-state index contributed by atoms with van der Waals surface area (Å²) in [5.74, 6) is -0.197. The summed E-state index contributed by atoms with van der Waals surface area (Å²) in [5, 5.41) is 3.62. The number of nitrogens with zero attached hydrogens (tertiary/aromatic N) is 1. The first-order chi connectivity index (χ1) is 15.5. The van der Waals surface area contributed by atoms with Crippen LogP contribution < -0.4 is 5.32 Å². The molecule has 0 aliphatic heterocycles. The SMILES string of the molecule is C[C@H](C(=O)NCCc1ccccc1)N(Cc1ccc(Cl)cc1)C(=O)CCc1ccccc1. The van der Waals surface area contributed by atoms with Crippen LogP contribution in [0.15, 0.2) is 84.9 Å². The van der Waals surface area contributed by atoms with Crippen LogP contribution in [-0.2, 0) is 29.0 Å². The summed E-state index contributed by atoms with van der Waals surface area (Å²) in [6.45, 7) is 2.67. The molecule has 0 heterocycles. The molecular formula is C27H29ClN2O2. The lowest BCUT2D eigenvalue weighted by Gasteiger charge is -2.29. The van der Waals surface area contributed by atoms with Crippen molar-refractivity contribution in [2.75, 3.05) is 6.54 Å². The summed E-state index contributed by atoms with van der Waals surface area (Å²) in [5.41, 5.74) is 3.20. The lowest BCUT2D eigenvalue weighted by atomic mass is 10.1. The van der Waals surface area contributed by atoms with Gasteiger partial charge in [0, 0.05) is 24.5 Å². The molecule has 0 aliphatic carbocycles. The molecule has 0 bridgehead atoms. The van der Waals surface area contributed by atoms with Gasteiger partial charge in [0.15, 0.2) is 0 Å². The minimum atomic E-state index is -0.579. The van der Waals surface area contributed by atoms with Gasteiger partial charge < -0.3 is 10.2 Å². The second-order valence-electron chi connectivity index (χ2n) is 7.84. The van der Waals surface area contributed by atoms with E-state index in [0.717, 1.165) is 23.1 Å². The van der Waals surface area contributed by atoms with Crippen LogP contribution in [0, 0.1) is 0 Å². The smallest absolute Gasteiger partial charge is 0.242 e. The first kappa shape index (κ1) is 23.6. The topological polar surface area (TPSA) is 49.4 Å². The average Bonchev–Trinajstić information content (AvgIpc) is 2.83. The van der Waals surface area contributed by atoms with E-state index in [9.17, 15) is 9.59 Å². The quantitative estimate of drug-likeness (QED) is 0.472. The third kappa shape index (κ3) is 7.24. The molecule has 1 N–H and O–H groups in total. The molecule has 0 spiro atoms. The molecule has 0 saturated heterocycles. The van der Waals surface area contributed by atoms with E-state index in [-0.39, 0.29) is 11.8 Å². The first-order valence-corrected chi connectivity index (χ1v) is 11.3. The number of benzene rings is 3. The Balaban J connectivity index is 1.64. The minimum Gasteiger partial charge on any atom is -0.354 e. The fourth-order valence-electron chi connectivity index (χ4n) is 3.53. The second kappa shape index (κ2) is 12.1. The zero-order valence-electron chi connectivity index (χ0n) is 18.3. The van der Waals surface area contributed by atoms with Crippen LogP contribution in [0.4, 0.5) is 0 Å². The van der Waals surface area contributed by atoms with Crippen molar-refractivity contribution in [1.82, 2.24) is 10.2 Å². The van der Waals surface area contributed by atoms with Crippen LogP contribution in [0.1, 0.15) is 30.0 Å². The lowest BCUT2D eigenvalue weighted by Crippen LogP contribution is -2.48. The molecule has 32 heavy (non-hydrogen) atoms. The van der Waals surface area contributed by atoms with Crippen molar-refractivity contribution in [3.05, 3.63) is 107 Å². The molecule has 2 amide bonds. The average molecular weight is 449 g/mol. The van der Waals surface area contributed by atoms with Crippen molar-refractivity contribution >= 4 is 23.4 Å². The van der Waals surface area contributed by atoms with Crippen molar-refractivity contribution in [3.8, 4) is 0 Å². The molecule has 0 aliphatic rings. The van der Waals surface area contributed by atoms with Crippen LogP contribution in [-0.4, -0.2) is 29.3 Å². The van der Waals surface area contributed by atoms with Gasteiger partial charge in [-0.25, -0.2) is 0 Å². The van der Waals surface area contributed by atoms with Crippen molar-refractivity contribution in [3.63, 3.8) is 0 Å². The van der Waals surface area contributed by atoms with E-state index in [0.29, 0.717) is 31.0 Å². The fraction of sp³-hybridized carbons (Fsp3) is 0.259. The van der Waals surface area contributed by atoms with Gasteiger partial charge in [-0.2, -0.15) is 0 Å². The summed E-state index contributed by atoms with van der Waals surface area (Å²) in [6.07, 6.45) is 1.73. The van der Waals surface area contributed by atoms with Gasteiger partial charge in [0.2, 0.25) is 11.8 Å². The highest BCUT2D eigenvalue weighted by molar-refractivity contribution is 6.30. The van der Waals surface area contributed by atoms with Crippen LogP contribution in [0.3, 0.4) is 0 Å². The van der Waals surface area contributed by atoms with E-state index >= 15 is 0 Å². The van der Waals surface area contributed by atoms with Crippen molar-refractivity contribution < 1.29 is 9.59 Å². The number of carbonyl (C=O) groups is 2. The van der Waals surface area contributed by atoms with Gasteiger partial charge in [0.1, 0.15) is 6.04 Å². The number of hydrogen-bond donors (Lipinski definition) is 1. The van der Waals surface area contributed by atoms with Crippen molar-refractivity contribution in [2.45, 2.75) is 38.8 Å². The van der Waals surface area contributed by atoms with Gasteiger partial charge in [-0.05, 0) is 48.6 Å². The van der Waals surface area contributed by atoms with Gasteiger partial charge in [0.05, 0.1) is 0 Å². The van der Waals surface area contributed by atoms with E-state index in [1.165, 1.54) is 0 Å². The largest absolute Gasteiger partial charge is 0.354 e. The maximum absolute atomic E-state index is 13.1. The summed E-state index contributed by atoms with van der Waals surface area (Å²) >= 11 is 6.00. The molecule has 166 valence electrons. The third-order valence-electron chi connectivity index (χ3n) is 5.46. The summed E-state index contributed by atoms with van der Waals surface area (Å²) in [4.78, 5) is 27.7. The van der Waals surface area contributed by atoms with E-state index < -0.39 is 6.04 Å². The van der Waals surface area contributed by atoms with Gasteiger partial charge in [-0.15, -0.1) is 0 Å². The maximum atomic E-state index is 13.1. The summed E-state index contributed by atoms with van der Waals surface area (Å²) < 4.78 is 0. The molecule has 0 unspecified atom stereocenters. The van der Waals surface area contributed by atoms with E-state index in [4.69, 9.17) is 11.6 Å². The van der Waals surface area contributed by atoms with Gasteiger partial charge in [-0.3, -0.25) is 9.59 Å². The Hall–Kier alpha value is -3.11. The number of carbonyl (C=O) groups excluding carboxylic acids is 2. The Morgan fingerprint density at radius 1 is 0.812 bits per heavy atom. The zero-order chi connectivity index (χ0) is 22.8. The second-order valence-corrected chi connectivity index (χ2v) is 8.27. The Labute approximate surface area is 195 Å². The molecule has 0 saturated carbocycles. The maximum Gasteiger partial charge on any atom is 0.242 e. The molecule has 3 aromatic carbocycles. The molecule has 4 nitrogen and oxygen atoms in total. The van der Waals surface area contributed by atoms with Gasteiger partial charge in [-0.1, -0.05) is 84.4 Å². The molecule has 5 heteroatoms. The Bertz CT molecular complexity index is 991. The number of amides is 2. The highest BCUT2D eigenvalue weighted by atomic mass is 35.5. The monoisotopic (exact) mass is 448 g/mol. The molecule has 3 aromatic rings.